The molecule has 1 heterocycles. The second-order valence-corrected chi connectivity index (χ2v) is 6.64. The van der Waals surface area contributed by atoms with E-state index in [-0.39, 0.29) is 0 Å². The summed E-state index contributed by atoms with van der Waals surface area (Å²) >= 11 is 0. The zero-order chi connectivity index (χ0) is 14.2. The van der Waals surface area contributed by atoms with Crippen molar-refractivity contribution in [3.05, 3.63) is 34.9 Å². The number of carbonyl (C=O) groups is 1. The molecule has 0 amide bonds. The molecule has 0 saturated carbocycles. The first-order valence-corrected chi connectivity index (χ1v) is 7.63. The van der Waals surface area contributed by atoms with Crippen molar-refractivity contribution in [2.24, 2.45) is 5.41 Å². The van der Waals surface area contributed by atoms with E-state index in [1.807, 2.05) is 6.92 Å². The predicted octanol–water partition coefficient (Wildman–Crippen LogP) is 2.86. The number of likely N-dealkylation sites (tertiary alicyclic amines) is 1. The molecular formula is C17H23NO2. The molecule has 1 aromatic rings. The lowest BCUT2D eigenvalue weighted by atomic mass is 9.90. The van der Waals surface area contributed by atoms with E-state index < -0.39 is 11.4 Å². The van der Waals surface area contributed by atoms with E-state index >= 15 is 0 Å². The smallest absolute Gasteiger partial charge is 0.310 e. The summed E-state index contributed by atoms with van der Waals surface area (Å²) in [5.41, 5.74) is 3.79. The summed E-state index contributed by atoms with van der Waals surface area (Å²) in [6.45, 7) is 4.30. The molecule has 2 aliphatic rings. The Morgan fingerprint density at radius 1 is 1.30 bits per heavy atom. The standard InChI is InChI=1S/C17H23NO2/c1-17(16(19)20)8-9-18(12-17)11-13-6-7-14-4-2-3-5-15(14)10-13/h6-7,10H,2-5,8-9,11-12H2,1H3,(H,19,20). The molecule has 1 unspecified atom stereocenters. The minimum Gasteiger partial charge on any atom is -0.481 e. The zero-order valence-corrected chi connectivity index (χ0v) is 12.2. The van der Waals surface area contributed by atoms with E-state index in [9.17, 15) is 9.90 Å². The number of hydrogen-bond acceptors (Lipinski definition) is 2. The van der Waals surface area contributed by atoms with Crippen molar-refractivity contribution in [3.63, 3.8) is 0 Å². The number of carboxylic acids is 1. The second kappa shape index (κ2) is 5.21. The van der Waals surface area contributed by atoms with Crippen molar-refractivity contribution in [3.8, 4) is 0 Å². The van der Waals surface area contributed by atoms with Crippen molar-refractivity contribution >= 4 is 5.97 Å². The molecule has 1 fully saturated rings. The Kier molecular flexibility index (Phi) is 3.55. The number of benzene rings is 1. The highest BCUT2D eigenvalue weighted by atomic mass is 16.4. The van der Waals surface area contributed by atoms with Crippen molar-refractivity contribution < 1.29 is 9.90 Å². The fraction of sp³-hybridized carbons (Fsp3) is 0.588. The summed E-state index contributed by atoms with van der Waals surface area (Å²) in [7, 11) is 0. The van der Waals surface area contributed by atoms with Gasteiger partial charge in [-0.3, -0.25) is 9.69 Å². The summed E-state index contributed by atoms with van der Waals surface area (Å²) in [5.74, 6) is -0.662. The van der Waals surface area contributed by atoms with Crippen LogP contribution in [0.2, 0.25) is 0 Å². The quantitative estimate of drug-likeness (QED) is 0.920. The van der Waals surface area contributed by atoms with Gasteiger partial charge in [0, 0.05) is 13.1 Å². The zero-order valence-electron chi connectivity index (χ0n) is 12.2. The third-order valence-electron chi connectivity index (χ3n) is 4.89. The van der Waals surface area contributed by atoms with Crippen molar-refractivity contribution in [2.45, 2.75) is 45.6 Å². The SMILES string of the molecule is CC1(C(=O)O)CCN(Cc2ccc3c(c2)CCCC3)C1. The molecule has 3 nitrogen and oxygen atoms in total. The van der Waals surface area contributed by atoms with E-state index in [1.54, 1.807) is 0 Å². The first kappa shape index (κ1) is 13.6. The van der Waals surface area contributed by atoms with Gasteiger partial charge in [-0.25, -0.2) is 0 Å². The van der Waals surface area contributed by atoms with Crippen LogP contribution in [0.1, 0.15) is 42.9 Å². The van der Waals surface area contributed by atoms with Crippen LogP contribution in [-0.2, 0) is 24.2 Å². The third kappa shape index (κ3) is 2.59. The third-order valence-corrected chi connectivity index (χ3v) is 4.89. The number of aliphatic carboxylic acids is 1. The average molecular weight is 273 g/mol. The van der Waals surface area contributed by atoms with Crippen LogP contribution in [0.3, 0.4) is 0 Å². The Morgan fingerprint density at radius 3 is 2.75 bits per heavy atom. The molecule has 1 atom stereocenters. The van der Waals surface area contributed by atoms with Gasteiger partial charge in [-0.05, 0) is 62.3 Å². The molecule has 1 N–H and O–H groups in total. The highest BCUT2D eigenvalue weighted by Crippen LogP contribution is 2.31. The molecule has 3 heteroatoms. The summed E-state index contributed by atoms with van der Waals surface area (Å²) in [4.78, 5) is 13.6. The van der Waals surface area contributed by atoms with Gasteiger partial charge in [-0.1, -0.05) is 18.2 Å². The van der Waals surface area contributed by atoms with Crippen LogP contribution in [0.4, 0.5) is 0 Å². The van der Waals surface area contributed by atoms with Gasteiger partial charge in [0.25, 0.3) is 0 Å². The van der Waals surface area contributed by atoms with Crippen LogP contribution in [0.5, 0.6) is 0 Å². The van der Waals surface area contributed by atoms with Gasteiger partial charge in [-0.15, -0.1) is 0 Å². The molecular weight excluding hydrogens is 250 g/mol. The van der Waals surface area contributed by atoms with Crippen LogP contribution in [-0.4, -0.2) is 29.1 Å². The monoisotopic (exact) mass is 273 g/mol. The summed E-state index contributed by atoms with van der Waals surface area (Å²) in [6.07, 6.45) is 5.80. The number of carboxylic acid groups (broad SMARTS) is 1. The molecule has 0 spiro atoms. The first-order chi connectivity index (χ1) is 9.57. The Balaban J connectivity index is 1.68. The number of hydrogen-bond donors (Lipinski definition) is 1. The van der Waals surface area contributed by atoms with Gasteiger partial charge in [0.05, 0.1) is 5.41 Å². The molecule has 3 rings (SSSR count). The molecule has 0 bridgehead atoms. The van der Waals surface area contributed by atoms with E-state index in [0.717, 1.165) is 19.5 Å². The Hall–Kier alpha value is -1.35. The maximum atomic E-state index is 11.3. The molecule has 108 valence electrons. The number of fused-ring (bicyclic) bond motifs is 1. The van der Waals surface area contributed by atoms with E-state index in [4.69, 9.17) is 0 Å². The molecule has 0 radical (unpaired) electrons. The maximum Gasteiger partial charge on any atom is 0.310 e. The van der Waals surface area contributed by atoms with Crippen LogP contribution >= 0.6 is 0 Å². The maximum absolute atomic E-state index is 11.3. The second-order valence-electron chi connectivity index (χ2n) is 6.64. The van der Waals surface area contributed by atoms with Crippen molar-refractivity contribution in [2.75, 3.05) is 13.1 Å². The topological polar surface area (TPSA) is 40.5 Å². The summed E-state index contributed by atoms with van der Waals surface area (Å²) in [6, 6.07) is 6.84. The highest BCUT2D eigenvalue weighted by Gasteiger charge is 2.40. The molecule has 1 aromatic carbocycles. The van der Waals surface area contributed by atoms with Gasteiger partial charge in [0.15, 0.2) is 0 Å². The van der Waals surface area contributed by atoms with E-state index in [0.29, 0.717) is 6.54 Å². The lowest BCUT2D eigenvalue weighted by Crippen LogP contribution is -2.31. The van der Waals surface area contributed by atoms with Gasteiger partial charge < -0.3 is 5.11 Å². The number of nitrogens with zero attached hydrogens (tertiary/aromatic N) is 1. The van der Waals surface area contributed by atoms with E-state index in [1.165, 1.54) is 42.4 Å². The van der Waals surface area contributed by atoms with Crippen LogP contribution in [0.15, 0.2) is 18.2 Å². The summed E-state index contributed by atoms with van der Waals surface area (Å²) in [5, 5.41) is 9.29. The fourth-order valence-corrected chi connectivity index (χ4v) is 3.51. The van der Waals surface area contributed by atoms with Gasteiger partial charge in [0.2, 0.25) is 0 Å². The lowest BCUT2D eigenvalue weighted by Gasteiger charge is -2.21. The number of aryl methyl sites for hydroxylation is 2. The minimum absolute atomic E-state index is 0.561. The van der Waals surface area contributed by atoms with Crippen molar-refractivity contribution in [1.82, 2.24) is 4.90 Å². The highest BCUT2D eigenvalue weighted by molar-refractivity contribution is 5.74. The Labute approximate surface area is 120 Å². The van der Waals surface area contributed by atoms with Crippen LogP contribution in [0, 0.1) is 5.41 Å². The fourth-order valence-electron chi connectivity index (χ4n) is 3.51. The number of rotatable bonds is 3. The predicted molar refractivity (Wildman–Crippen MR) is 78.7 cm³/mol. The molecule has 1 aliphatic heterocycles. The average Bonchev–Trinajstić information content (AvgIpc) is 2.81. The first-order valence-electron chi connectivity index (χ1n) is 7.63. The van der Waals surface area contributed by atoms with Crippen molar-refractivity contribution in [1.29, 1.82) is 0 Å². The summed E-state index contributed by atoms with van der Waals surface area (Å²) < 4.78 is 0. The van der Waals surface area contributed by atoms with Gasteiger partial charge >= 0.3 is 5.97 Å². The van der Waals surface area contributed by atoms with Gasteiger partial charge in [0.1, 0.15) is 0 Å². The molecule has 1 aliphatic carbocycles. The van der Waals surface area contributed by atoms with E-state index in [2.05, 4.69) is 23.1 Å². The minimum atomic E-state index is -0.662. The Morgan fingerprint density at radius 2 is 2.05 bits per heavy atom. The molecule has 20 heavy (non-hydrogen) atoms. The van der Waals surface area contributed by atoms with Gasteiger partial charge in [-0.2, -0.15) is 0 Å². The van der Waals surface area contributed by atoms with Crippen LogP contribution in [0.25, 0.3) is 0 Å². The molecule has 0 aromatic heterocycles. The normalized spacial score (nSPS) is 26.4. The lowest BCUT2D eigenvalue weighted by molar-refractivity contribution is -0.147. The molecule has 1 saturated heterocycles. The Bertz CT molecular complexity index is 526. The largest absolute Gasteiger partial charge is 0.481 e. The van der Waals surface area contributed by atoms with Crippen LogP contribution < -0.4 is 0 Å².